The van der Waals surface area contributed by atoms with Gasteiger partial charge in [0, 0.05) is 19.9 Å². The molecule has 1 fully saturated rings. The highest BCUT2D eigenvalue weighted by molar-refractivity contribution is 5.88. The lowest BCUT2D eigenvalue weighted by molar-refractivity contribution is -0.156. The molecule has 3 nitrogen and oxygen atoms in total. The Balaban J connectivity index is 2.69. The van der Waals surface area contributed by atoms with Crippen LogP contribution in [0.2, 0.25) is 0 Å². The molecule has 5 heteroatoms. The van der Waals surface area contributed by atoms with Crippen LogP contribution in [0.1, 0.15) is 13.3 Å². The molecule has 0 atom stereocenters. The summed E-state index contributed by atoms with van der Waals surface area (Å²) in [6.45, 7) is 0.566. The predicted molar refractivity (Wildman–Crippen MR) is 36.8 cm³/mol. The van der Waals surface area contributed by atoms with E-state index in [4.69, 9.17) is 0 Å². The summed E-state index contributed by atoms with van der Waals surface area (Å²) in [5.74, 6) is -4.83. The van der Waals surface area contributed by atoms with Gasteiger partial charge in [0.05, 0.1) is 6.54 Å². The average Bonchev–Trinajstić information content (AvgIpc) is 1.94. The Bertz CT molecular complexity index is 227. The maximum absolute atomic E-state index is 12.7. The van der Waals surface area contributed by atoms with Crippen molar-refractivity contribution >= 4 is 11.7 Å². The third-order valence-electron chi connectivity index (χ3n) is 1.85. The number of piperidine rings is 1. The van der Waals surface area contributed by atoms with Crippen molar-refractivity contribution in [2.75, 3.05) is 13.1 Å². The second-order valence-corrected chi connectivity index (χ2v) is 2.82. The molecule has 1 aliphatic heterocycles. The third-order valence-corrected chi connectivity index (χ3v) is 1.85. The smallest absolute Gasteiger partial charge is 0.322 e. The fourth-order valence-corrected chi connectivity index (χ4v) is 1.10. The van der Waals surface area contributed by atoms with Gasteiger partial charge in [0.1, 0.15) is 0 Å². The Hall–Kier alpha value is -1.00. The molecule has 0 aromatic heterocycles. The van der Waals surface area contributed by atoms with Crippen molar-refractivity contribution in [3.63, 3.8) is 0 Å². The normalized spacial score (nSPS) is 22.6. The standard InChI is InChI=1S/C7H9F2NO2/c1-5(11)10-3-2-6(12)7(8,9)4-10/h2-4H2,1H3. The molecular formula is C7H9F2NO2. The van der Waals surface area contributed by atoms with Crippen molar-refractivity contribution in [3.8, 4) is 0 Å². The summed E-state index contributed by atoms with van der Waals surface area (Å²) in [4.78, 5) is 22.3. The van der Waals surface area contributed by atoms with Crippen molar-refractivity contribution in [2.45, 2.75) is 19.3 Å². The van der Waals surface area contributed by atoms with Gasteiger partial charge in [-0.15, -0.1) is 0 Å². The fourth-order valence-electron chi connectivity index (χ4n) is 1.10. The third kappa shape index (κ3) is 1.60. The molecule has 0 aromatic carbocycles. The van der Waals surface area contributed by atoms with Crippen LogP contribution in [0.5, 0.6) is 0 Å². The molecule has 68 valence electrons. The van der Waals surface area contributed by atoms with Gasteiger partial charge in [-0.3, -0.25) is 9.59 Å². The van der Waals surface area contributed by atoms with Crippen LogP contribution < -0.4 is 0 Å². The Morgan fingerprint density at radius 1 is 1.58 bits per heavy atom. The van der Waals surface area contributed by atoms with Crippen LogP contribution in [0.15, 0.2) is 0 Å². The molecule has 1 saturated heterocycles. The summed E-state index contributed by atoms with van der Waals surface area (Å²) < 4.78 is 25.3. The van der Waals surface area contributed by atoms with Gasteiger partial charge in [0.2, 0.25) is 11.7 Å². The van der Waals surface area contributed by atoms with Crippen LogP contribution in [0.3, 0.4) is 0 Å². The zero-order chi connectivity index (χ0) is 9.35. The van der Waals surface area contributed by atoms with Gasteiger partial charge in [0.15, 0.2) is 0 Å². The minimum absolute atomic E-state index is 0.115. The predicted octanol–water partition coefficient (Wildman–Crippen LogP) is 0.443. The van der Waals surface area contributed by atoms with Crippen molar-refractivity contribution in [2.24, 2.45) is 0 Å². The van der Waals surface area contributed by atoms with E-state index in [2.05, 4.69) is 0 Å². The van der Waals surface area contributed by atoms with Crippen molar-refractivity contribution in [1.82, 2.24) is 4.90 Å². The largest absolute Gasteiger partial charge is 0.336 e. The van der Waals surface area contributed by atoms with Crippen molar-refractivity contribution < 1.29 is 18.4 Å². The zero-order valence-corrected chi connectivity index (χ0v) is 6.64. The van der Waals surface area contributed by atoms with Crippen LogP contribution in [-0.2, 0) is 9.59 Å². The Morgan fingerprint density at radius 2 is 2.17 bits per heavy atom. The van der Waals surface area contributed by atoms with Gasteiger partial charge >= 0.3 is 5.92 Å². The van der Waals surface area contributed by atoms with E-state index in [9.17, 15) is 18.4 Å². The summed E-state index contributed by atoms with van der Waals surface area (Å²) in [6, 6.07) is 0. The molecule has 1 aliphatic rings. The van der Waals surface area contributed by atoms with Crippen molar-refractivity contribution in [3.05, 3.63) is 0 Å². The number of carbonyl (C=O) groups is 2. The van der Waals surface area contributed by atoms with Crippen molar-refractivity contribution in [1.29, 1.82) is 0 Å². The van der Waals surface area contributed by atoms with Crippen LogP contribution in [-0.4, -0.2) is 35.6 Å². The van der Waals surface area contributed by atoms with E-state index >= 15 is 0 Å². The van der Waals surface area contributed by atoms with Gasteiger partial charge < -0.3 is 4.90 Å². The maximum atomic E-state index is 12.7. The van der Waals surface area contributed by atoms with E-state index < -0.39 is 24.2 Å². The summed E-state index contributed by atoms with van der Waals surface area (Å²) in [5.41, 5.74) is 0. The molecule has 1 amide bonds. The van der Waals surface area contributed by atoms with Gasteiger partial charge in [-0.2, -0.15) is 8.78 Å². The number of hydrogen-bond donors (Lipinski definition) is 0. The number of rotatable bonds is 0. The molecule has 0 unspecified atom stereocenters. The molecule has 1 heterocycles. The summed E-state index contributed by atoms with van der Waals surface area (Å²) >= 11 is 0. The second kappa shape index (κ2) is 2.80. The van der Waals surface area contributed by atoms with Crippen LogP contribution in [0.25, 0.3) is 0 Å². The molecule has 0 saturated carbocycles. The quantitative estimate of drug-likeness (QED) is 0.538. The Kier molecular flexibility index (Phi) is 2.12. The maximum Gasteiger partial charge on any atom is 0.322 e. The van der Waals surface area contributed by atoms with E-state index in [0.717, 1.165) is 4.90 Å². The number of hydrogen-bond acceptors (Lipinski definition) is 2. The monoisotopic (exact) mass is 177 g/mol. The fraction of sp³-hybridized carbons (Fsp3) is 0.714. The number of ketones is 1. The van der Waals surface area contributed by atoms with Gasteiger partial charge in [-0.25, -0.2) is 0 Å². The van der Waals surface area contributed by atoms with E-state index in [1.807, 2.05) is 0 Å². The Labute approximate surface area is 68.3 Å². The lowest BCUT2D eigenvalue weighted by atomic mass is 10.1. The highest BCUT2D eigenvalue weighted by Gasteiger charge is 2.44. The topological polar surface area (TPSA) is 37.4 Å². The second-order valence-electron chi connectivity index (χ2n) is 2.82. The minimum Gasteiger partial charge on any atom is -0.336 e. The molecule has 0 spiro atoms. The number of carbonyl (C=O) groups excluding carboxylic acids is 2. The van der Waals surface area contributed by atoms with E-state index in [1.165, 1.54) is 6.92 Å². The SMILES string of the molecule is CC(=O)N1CCC(=O)C(F)(F)C1. The number of alkyl halides is 2. The zero-order valence-electron chi connectivity index (χ0n) is 6.64. The lowest BCUT2D eigenvalue weighted by Crippen LogP contribution is -2.50. The molecule has 0 aromatic rings. The van der Waals surface area contributed by atoms with E-state index in [0.29, 0.717) is 0 Å². The van der Waals surface area contributed by atoms with E-state index in [-0.39, 0.29) is 13.0 Å². The first kappa shape index (κ1) is 9.09. The van der Waals surface area contributed by atoms with Gasteiger partial charge in [-0.05, 0) is 0 Å². The van der Waals surface area contributed by atoms with Gasteiger partial charge in [0.25, 0.3) is 0 Å². The molecule has 0 radical (unpaired) electrons. The Morgan fingerprint density at radius 3 is 2.58 bits per heavy atom. The minimum atomic E-state index is -3.34. The molecule has 1 rings (SSSR count). The van der Waals surface area contributed by atoms with Crippen LogP contribution in [0.4, 0.5) is 8.78 Å². The highest BCUT2D eigenvalue weighted by Crippen LogP contribution is 2.23. The molecule has 12 heavy (non-hydrogen) atoms. The number of nitrogens with zero attached hydrogens (tertiary/aromatic N) is 1. The van der Waals surface area contributed by atoms with Gasteiger partial charge in [-0.1, -0.05) is 0 Å². The number of halogens is 2. The van der Waals surface area contributed by atoms with Crippen LogP contribution >= 0.6 is 0 Å². The van der Waals surface area contributed by atoms with E-state index in [1.54, 1.807) is 0 Å². The lowest BCUT2D eigenvalue weighted by Gasteiger charge is -2.30. The molecule has 0 aliphatic carbocycles. The molecule has 0 N–H and O–H groups in total. The number of amides is 1. The average molecular weight is 177 g/mol. The number of Topliss-reactive ketones (excluding diaryl/α,β-unsaturated/α-hetero) is 1. The first-order valence-electron chi connectivity index (χ1n) is 3.60. The summed E-state index contributed by atoms with van der Waals surface area (Å²) in [5, 5.41) is 0. The first-order valence-corrected chi connectivity index (χ1v) is 3.60. The van der Waals surface area contributed by atoms with Crippen LogP contribution in [0, 0.1) is 0 Å². The highest BCUT2D eigenvalue weighted by atomic mass is 19.3. The summed E-state index contributed by atoms with van der Waals surface area (Å²) in [7, 11) is 0. The first-order chi connectivity index (χ1) is 5.43. The number of likely N-dealkylation sites (tertiary alicyclic amines) is 1. The molecule has 0 bridgehead atoms. The summed E-state index contributed by atoms with van der Waals surface area (Å²) in [6.07, 6.45) is -0.243. The molecular weight excluding hydrogens is 168 g/mol.